The van der Waals surface area contributed by atoms with E-state index in [1.165, 1.54) is 0 Å². The molecule has 2 aliphatic rings. The van der Waals surface area contributed by atoms with E-state index in [1.54, 1.807) is 0 Å². The van der Waals surface area contributed by atoms with E-state index in [2.05, 4.69) is 17.1 Å². The summed E-state index contributed by atoms with van der Waals surface area (Å²) in [5.41, 5.74) is 6.73. The highest BCUT2D eigenvalue weighted by Crippen LogP contribution is 2.82. The van der Waals surface area contributed by atoms with E-state index >= 15 is 0 Å². The lowest BCUT2D eigenvalue weighted by molar-refractivity contribution is -0.259. The van der Waals surface area contributed by atoms with Gasteiger partial charge in [-0.1, -0.05) is 68.4 Å². The summed E-state index contributed by atoms with van der Waals surface area (Å²) >= 11 is 0. The average Bonchev–Trinajstić information content (AvgIpc) is 3.40. The van der Waals surface area contributed by atoms with Crippen LogP contribution in [0, 0.1) is 33.5 Å². The summed E-state index contributed by atoms with van der Waals surface area (Å²) in [6, 6.07) is 22.7. The van der Waals surface area contributed by atoms with Crippen LogP contribution in [0.3, 0.4) is 0 Å². The van der Waals surface area contributed by atoms with Crippen LogP contribution in [0.25, 0.3) is 11.1 Å². The number of hydrogen-bond donors (Lipinski definition) is 1. The number of fused-ring (bicyclic) bond motifs is 1. The van der Waals surface area contributed by atoms with Crippen LogP contribution in [0.15, 0.2) is 59.6 Å². The van der Waals surface area contributed by atoms with Crippen molar-refractivity contribution < 1.29 is 9.47 Å². The zero-order valence-electron chi connectivity index (χ0n) is 17.8. The minimum Gasteiger partial charge on any atom is -0.386 e. The van der Waals surface area contributed by atoms with Crippen molar-refractivity contribution in [2.75, 3.05) is 13.2 Å². The van der Waals surface area contributed by atoms with Gasteiger partial charge in [0.15, 0.2) is 5.41 Å². The number of benzene rings is 2. The number of hydrogen-bond acceptors (Lipinski definition) is 6. The van der Waals surface area contributed by atoms with Crippen LogP contribution in [0.4, 0.5) is 0 Å². The molecule has 6 nitrogen and oxygen atoms in total. The van der Waals surface area contributed by atoms with Crippen LogP contribution in [-0.2, 0) is 9.47 Å². The number of nitriles is 2. The van der Waals surface area contributed by atoms with Gasteiger partial charge in [0.1, 0.15) is 11.3 Å². The van der Waals surface area contributed by atoms with E-state index in [0.29, 0.717) is 13.2 Å². The van der Waals surface area contributed by atoms with Gasteiger partial charge in [0.25, 0.3) is 5.91 Å². The average molecular weight is 415 g/mol. The molecule has 158 valence electrons. The molecule has 0 bridgehead atoms. The lowest BCUT2D eigenvalue weighted by atomic mass is 9.93. The van der Waals surface area contributed by atoms with Crippen LogP contribution >= 0.6 is 0 Å². The van der Waals surface area contributed by atoms with Crippen LogP contribution in [0.2, 0.25) is 0 Å². The maximum atomic E-state index is 10.4. The molecule has 1 heterocycles. The van der Waals surface area contributed by atoms with Crippen molar-refractivity contribution in [3.05, 3.63) is 60.2 Å². The van der Waals surface area contributed by atoms with Gasteiger partial charge < -0.3 is 15.2 Å². The largest absolute Gasteiger partial charge is 0.386 e. The molecule has 4 rings (SSSR count). The second-order valence-electron chi connectivity index (χ2n) is 8.04. The van der Waals surface area contributed by atoms with Crippen LogP contribution in [0.1, 0.15) is 38.2 Å². The van der Waals surface area contributed by atoms with Crippen LogP contribution in [0.5, 0.6) is 0 Å². The quantitative estimate of drug-likeness (QED) is 0.647. The third kappa shape index (κ3) is 2.73. The fourth-order valence-electron chi connectivity index (χ4n) is 4.84. The van der Waals surface area contributed by atoms with Crippen molar-refractivity contribution in [1.82, 2.24) is 0 Å². The Morgan fingerprint density at radius 1 is 0.903 bits per heavy atom. The van der Waals surface area contributed by atoms with Gasteiger partial charge in [-0.25, -0.2) is 4.99 Å². The Morgan fingerprint density at radius 2 is 1.48 bits per heavy atom. The van der Waals surface area contributed by atoms with Gasteiger partial charge in [-0.15, -0.1) is 0 Å². The number of rotatable bonds is 8. The normalized spacial score (nSPS) is 27.6. The number of ether oxygens (including phenoxy) is 2. The van der Waals surface area contributed by atoms with Gasteiger partial charge in [-0.3, -0.25) is 0 Å². The lowest BCUT2D eigenvalue weighted by Gasteiger charge is -2.32. The molecule has 2 aromatic carbocycles. The summed E-state index contributed by atoms with van der Waals surface area (Å²) in [5, 5.41) is 20.6. The Morgan fingerprint density at radius 3 is 2.00 bits per heavy atom. The molecule has 1 fully saturated rings. The standard InChI is InChI=1S/C25H26N4O2/c1-3-14-30-25(31-15-4-2)24(17-27)21(23(24,16-26)22(28)29-25)20-12-10-19(11-13-20)18-8-6-5-7-9-18/h5-13,21H,3-4,14-15H2,1-2H3,(H2,28,29). The van der Waals surface area contributed by atoms with Crippen molar-refractivity contribution in [1.29, 1.82) is 10.5 Å². The molecule has 0 radical (unpaired) electrons. The Balaban J connectivity index is 1.78. The molecule has 0 aromatic heterocycles. The third-order valence-electron chi connectivity index (χ3n) is 6.28. The van der Waals surface area contributed by atoms with Gasteiger partial charge in [-0.2, -0.15) is 10.5 Å². The Kier molecular flexibility index (Phi) is 5.31. The highest BCUT2D eigenvalue weighted by molar-refractivity contribution is 6.00. The molecule has 0 saturated heterocycles. The second kappa shape index (κ2) is 7.81. The van der Waals surface area contributed by atoms with Crippen LogP contribution < -0.4 is 5.73 Å². The molecular weight excluding hydrogens is 388 g/mol. The lowest BCUT2D eigenvalue weighted by Crippen LogP contribution is -2.44. The van der Waals surface area contributed by atoms with E-state index in [0.717, 1.165) is 29.5 Å². The summed E-state index contributed by atoms with van der Waals surface area (Å²) in [6.07, 6.45) is 1.45. The monoisotopic (exact) mass is 414 g/mol. The molecule has 2 N–H and O–H groups in total. The minimum absolute atomic E-state index is 0.112. The predicted molar refractivity (Wildman–Crippen MR) is 118 cm³/mol. The Hall–Kier alpha value is -3.19. The van der Waals surface area contributed by atoms with Crippen molar-refractivity contribution in [2.24, 2.45) is 21.6 Å². The molecule has 0 amide bonds. The third-order valence-corrected chi connectivity index (χ3v) is 6.28. The molecule has 0 spiro atoms. The SMILES string of the molecule is CCCOC1(OCCC)N=C(N)C2(C#N)C(c3ccc(-c4ccccc4)cc3)C12C#N. The topological polar surface area (TPSA) is 104 Å². The summed E-state index contributed by atoms with van der Waals surface area (Å²) < 4.78 is 12.1. The maximum absolute atomic E-state index is 10.4. The molecular formula is C25H26N4O2. The summed E-state index contributed by atoms with van der Waals surface area (Å²) in [7, 11) is 0. The van der Waals surface area contributed by atoms with E-state index in [-0.39, 0.29) is 5.84 Å². The maximum Gasteiger partial charge on any atom is 0.293 e. The molecule has 6 heteroatoms. The first-order valence-corrected chi connectivity index (χ1v) is 10.7. The molecule has 31 heavy (non-hydrogen) atoms. The predicted octanol–water partition coefficient (Wildman–Crippen LogP) is 4.35. The van der Waals surface area contributed by atoms with E-state index in [1.807, 2.05) is 68.4 Å². The highest BCUT2D eigenvalue weighted by atomic mass is 16.7. The van der Waals surface area contributed by atoms with Gasteiger partial charge in [0.2, 0.25) is 0 Å². The minimum atomic E-state index is -1.57. The second-order valence-corrected chi connectivity index (χ2v) is 8.04. The first-order chi connectivity index (χ1) is 15.1. The number of aliphatic imine (C=N–C) groups is 1. The number of nitrogens with two attached hydrogens (primary N) is 1. The molecule has 3 atom stereocenters. The number of amidine groups is 1. The highest BCUT2D eigenvalue weighted by Gasteiger charge is 2.93. The van der Waals surface area contributed by atoms with Crippen molar-refractivity contribution >= 4 is 5.84 Å². The fraction of sp³-hybridized carbons (Fsp3) is 0.400. The van der Waals surface area contributed by atoms with Gasteiger partial charge in [0, 0.05) is 5.92 Å². The van der Waals surface area contributed by atoms with E-state index < -0.39 is 22.7 Å². The Labute approximate surface area is 182 Å². The summed E-state index contributed by atoms with van der Waals surface area (Å²) in [6.45, 7) is 4.65. The van der Waals surface area contributed by atoms with Crippen molar-refractivity contribution in [2.45, 2.75) is 38.5 Å². The molecule has 2 aromatic rings. The molecule has 1 aliphatic heterocycles. The van der Waals surface area contributed by atoms with Gasteiger partial charge in [-0.05, 0) is 29.5 Å². The van der Waals surface area contributed by atoms with E-state index in [4.69, 9.17) is 15.2 Å². The first kappa shape index (κ1) is 21.1. The molecule has 1 aliphatic carbocycles. The van der Waals surface area contributed by atoms with Gasteiger partial charge in [0.05, 0.1) is 25.4 Å². The van der Waals surface area contributed by atoms with Crippen molar-refractivity contribution in [3.8, 4) is 23.3 Å². The zero-order chi connectivity index (χ0) is 22.1. The first-order valence-electron chi connectivity index (χ1n) is 10.7. The van der Waals surface area contributed by atoms with E-state index in [9.17, 15) is 10.5 Å². The fourth-order valence-corrected chi connectivity index (χ4v) is 4.84. The smallest absolute Gasteiger partial charge is 0.293 e. The molecule has 3 unspecified atom stereocenters. The number of nitrogens with zero attached hydrogens (tertiary/aromatic N) is 3. The summed E-state index contributed by atoms with van der Waals surface area (Å²) in [4.78, 5) is 4.46. The van der Waals surface area contributed by atoms with Crippen molar-refractivity contribution in [3.63, 3.8) is 0 Å². The Bertz CT molecular complexity index is 1060. The van der Waals surface area contributed by atoms with Gasteiger partial charge >= 0.3 is 0 Å². The van der Waals surface area contributed by atoms with Crippen LogP contribution in [-0.4, -0.2) is 25.0 Å². The zero-order valence-corrected chi connectivity index (χ0v) is 17.8. The molecule has 1 saturated carbocycles. The summed E-state index contributed by atoms with van der Waals surface area (Å²) in [5.74, 6) is -1.94.